The van der Waals surface area contributed by atoms with Crippen molar-refractivity contribution in [3.8, 4) is 10.4 Å². The summed E-state index contributed by atoms with van der Waals surface area (Å²) in [5.41, 5.74) is 3.61. The van der Waals surface area contributed by atoms with Gasteiger partial charge < -0.3 is 5.32 Å². The molecule has 0 saturated heterocycles. The van der Waals surface area contributed by atoms with Gasteiger partial charge in [-0.1, -0.05) is 24.3 Å². The summed E-state index contributed by atoms with van der Waals surface area (Å²) >= 11 is 1.65. The molecule has 0 aliphatic heterocycles. The molecule has 0 atom stereocenters. The Morgan fingerprint density at radius 2 is 2.06 bits per heavy atom. The zero-order valence-corrected chi connectivity index (χ0v) is 18.0. The summed E-state index contributed by atoms with van der Waals surface area (Å²) in [6, 6.07) is 12.6. The predicted molar refractivity (Wildman–Crippen MR) is 122 cm³/mol. The molecule has 0 fully saturated rings. The van der Waals surface area contributed by atoms with E-state index in [0.29, 0.717) is 16.9 Å². The molecule has 1 N–H and O–H groups in total. The van der Waals surface area contributed by atoms with Gasteiger partial charge in [-0.05, 0) is 30.5 Å². The zero-order valence-electron chi connectivity index (χ0n) is 17.2. The van der Waals surface area contributed by atoms with Gasteiger partial charge >= 0.3 is 0 Å². The van der Waals surface area contributed by atoms with E-state index in [1.54, 1.807) is 57.5 Å². The first-order valence-electron chi connectivity index (χ1n) is 10.00. The molecule has 0 aliphatic rings. The average Bonchev–Trinajstić information content (AvgIpc) is 3.52. The van der Waals surface area contributed by atoms with Crippen molar-refractivity contribution >= 4 is 34.0 Å². The summed E-state index contributed by atoms with van der Waals surface area (Å²) in [7, 11) is 0. The number of anilines is 1. The maximum absolute atomic E-state index is 13.9. The van der Waals surface area contributed by atoms with Crippen molar-refractivity contribution in [2.45, 2.75) is 20.0 Å². The van der Waals surface area contributed by atoms with Crippen molar-refractivity contribution in [3.63, 3.8) is 0 Å². The van der Waals surface area contributed by atoms with Crippen LogP contribution in [0.1, 0.15) is 11.3 Å². The smallest absolute Gasteiger partial charge is 0.246 e. The van der Waals surface area contributed by atoms with Gasteiger partial charge in [0.25, 0.3) is 0 Å². The van der Waals surface area contributed by atoms with Crippen LogP contribution in [0.25, 0.3) is 21.5 Å². The molecule has 5 aromatic rings. The van der Waals surface area contributed by atoms with Crippen molar-refractivity contribution < 1.29 is 9.18 Å². The highest BCUT2D eigenvalue weighted by Gasteiger charge is 2.16. The van der Waals surface area contributed by atoms with E-state index in [-0.39, 0.29) is 24.8 Å². The minimum atomic E-state index is -0.288. The lowest BCUT2D eigenvalue weighted by atomic mass is 10.1. The van der Waals surface area contributed by atoms with E-state index in [1.165, 1.54) is 6.07 Å². The number of nitrogens with one attached hydrogen (secondary N) is 1. The number of aryl methyl sites for hydroxylation is 1. The summed E-state index contributed by atoms with van der Waals surface area (Å²) in [6.45, 7) is 2.22. The molecule has 0 bridgehead atoms. The Balaban J connectivity index is 1.32. The highest BCUT2D eigenvalue weighted by Crippen LogP contribution is 2.32. The molecule has 1 amide bonds. The lowest BCUT2D eigenvalue weighted by Crippen LogP contribution is -2.19. The third-order valence-electron chi connectivity index (χ3n) is 5.10. The second-order valence-corrected chi connectivity index (χ2v) is 8.29. The van der Waals surface area contributed by atoms with Crippen LogP contribution in [0.15, 0.2) is 66.4 Å². The summed E-state index contributed by atoms with van der Waals surface area (Å²) in [6.07, 6.45) is 4.95. The SMILES string of the molecule is Cc1nn(CC(=O)Nc2cnn(Cc3ccccc3F)c2)c2nccc(-c3cccs3)c12. The highest BCUT2D eigenvalue weighted by molar-refractivity contribution is 7.13. The number of rotatable bonds is 6. The number of carbonyl (C=O) groups is 1. The van der Waals surface area contributed by atoms with E-state index < -0.39 is 0 Å². The standard InChI is InChI=1S/C23H19FN6OS/c1-15-22-18(20-7-4-10-32-20)8-9-25-23(22)30(28-15)14-21(31)27-17-11-26-29(13-17)12-16-5-2-3-6-19(16)24/h2-11,13H,12,14H2,1H3,(H,27,31). The fourth-order valence-electron chi connectivity index (χ4n) is 3.68. The van der Waals surface area contributed by atoms with Crippen molar-refractivity contribution in [2.75, 3.05) is 5.32 Å². The Bertz CT molecular complexity index is 1410. The van der Waals surface area contributed by atoms with Gasteiger partial charge in [-0.3, -0.25) is 9.48 Å². The molecular formula is C23H19FN6OS. The average molecular weight is 447 g/mol. The molecule has 160 valence electrons. The second kappa shape index (κ2) is 8.35. The third kappa shape index (κ3) is 3.90. The number of hydrogen-bond donors (Lipinski definition) is 1. The normalized spacial score (nSPS) is 11.2. The van der Waals surface area contributed by atoms with Gasteiger partial charge in [0.15, 0.2) is 5.65 Å². The van der Waals surface area contributed by atoms with Crippen molar-refractivity contribution in [2.24, 2.45) is 0 Å². The van der Waals surface area contributed by atoms with Crippen LogP contribution >= 0.6 is 11.3 Å². The topological polar surface area (TPSA) is 77.6 Å². The number of nitrogens with zero attached hydrogens (tertiary/aromatic N) is 5. The van der Waals surface area contributed by atoms with E-state index in [4.69, 9.17) is 0 Å². The first-order chi connectivity index (χ1) is 15.6. The first-order valence-corrected chi connectivity index (χ1v) is 10.9. The number of thiophene rings is 1. The quantitative estimate of drug-likeness (QED) is 0.417. The van der Waals surface area contributed by atoms with E-state index in [1.807, 2.05) is 24.4 Å². The molecule has 7 nitrogen and oxygen atoms in total. The zero-order chi connectivity index (χ0) is 22.1. The molecule has 32 heavy (non-hydrogen) atoms. The highest BCUT2D eigenvalue weighted by atomic mass is 32.1. The minimum absolute atomic E-state index is 0.0176. The summed E-state index contributed by atoms with van der Waals surface area (Å²) in [5, 5.41) is 14.6. The van der Waals surface area contributed by atoms with Gasteiger partial charge in [0.1, 0.15) is 12.4 Å². The number of pyridine rings is 1. The molecule has 0 unspecified atom stereocenters. The Morgan fingerprint density at radius 1 is 1.19 bits per heavy atom. The Morgan fingerprint density at radius 3 is 2.88 bits per heavy atom. The predicted octanol–water partition coefficient (Wildman–Crippen LogP) is 4.49. The summed E-state index contributed by atoms with van der Waals surface area (Å²) < 4.78 is 17.0. The lowest BCUT2D eigenvalue weighted by molar-refractivity contribution is -0.116. The van der Waals surface area contributed by atoms with Gasteiger partial charge in [0, 0.05) is 28.4 Å². The number of amides is 1. The molecule has 5 rings (SSSR count). The van der Waals surface area contributed by atoms with Gasteiger partial charge in [-0.2, -0.15) is 10.2 Å². The number of carbonyl (C=O) groups excluding carboxylic acids is 1. The van der Waals surface area contributed by atoms with E-state index in [2.05, 4.69) is 26.6 Å². The molecular weight excluding hydrogens is 427 g/mol. The summed E-state index contributed by atoms with van der Waals surface area (Å²) in [5.74, 6) is -0.535. The lowest BCUT2D eigenvalue weighted by Gasteiger charge is -2.05. The van der Waals surface area contributed by atoms with Gasteiger partial charge in [-0.25, -0.2) is 14.1 Å². The van der Waals surface area contributed by atoms with Crippen molar-refractivity contribution in [1.29, 1.82) is 0 Å². The molecule has 1 aromatic carbocycles. The van der Waals surface area contributed by atoms with E-state index >= 15 is 0 Å². The molecule has 4 heterocycles. The minimum Gasteiger partial charge on any atom is -0.322 e. The Kier molecular flexibility index (Phi) is 5.24. The maximum Gasteiger partial charge on any atom is 0.246 e. The fourth-order valence-corrected chi connectivity index (χ4v) is 4.44. The van der Waals surface area contributed by atoms with Crippen LogP contribution < -0.4 is 5.32 Å². The Hall–Kier alpha value is -3.85. The largest absolute Gasteiger partial charge is 0.322 e. The summed E-state index contributed by atoms with van der Waals surface area (Å²) in [4.78, 5) is 18.3. The van der Waals surface area contributed by atoms with E-state index in [9.17, 15) is 9.18 Å². The molecule has 4 aromatic heterocycles. The fraction of sp³-hybridized carbons (Fsp3) is 0.130. The van der Waals surface area contributed by atoms with Gasteiger partial charge in [0.05, 0.1) is 29.5 Å². The number of fused-ring (bicyclic) bond motifs is 1. The van der Waals surface area contributed by atoms with Crippen LogP contribution in [0.2, 0.25) is 0 Å². The monoisotopic (exact) mass is 446 g/mol. The van der Waals surface area contributed by atoms with Crippen LogP contribution in [0.3, 0.4) is 0 Å². The molecule has 0 spiro atoms. The van der Waals surface area contributed by atoms with Crippen LogP contribution in [0.4, 0.5) is 10.1 Å². The van der Waals surface area contributed by atoms with Gasteiger partial charge in [0.2, 0.25) is 5.91 Å². The molecule has 0 saturated carbocycles. The molecule has 0 aliphatic carbocycles. The third-order valence-corrected chi connectivity index (χ3v) is 6.00. The number of halogens is 1. The van der Waals surface area contributed by atoms with Crippen molar-refractivity contribution in [1.82, 2.24) is 24.5 Å². The number of hydrogen-bond acceptors (Lipinski definition) is 5. The van der Waals surface area contributed by atoms with Crippen LogP contribution in [0, 0.1) is 12.7 Å². The van der Waals surface area contributed by atoms with Crippen LogP contribution in [-0.4, -0.2) is 30.5 Å². The van der Waals surface area contributed by atoms with Gasteiger partial charge in [-0.15, -0.1) is 11.3 Å². The number of aromatic nitrogens is 5. The maximum atomic E-state index is 13.9. The van der Waals surface area contributed by atoms with Crippen molar-refractivity contribution in [3.05, 3.63) is 83.5 Å². The van der Waals surface area contributed by atoms with Crippen LogP contribution in [0.5, 0.6) is 0 Å². The van der Waals surface area contributed by atoms with E-state index in [0.717, 1.165) is 21.5 Å². The Labute approximate surface area is 187 Å². The second-order valence-electron chi connectivity index (χ2n) is 7.34. The van der Waals surface area contributed by atoms with Crippen LogP contribution in [-0.2, 0) is 17.9 Å². The number of benzene rings is 1. The molecule has 9 heteroatoms. The first kappa shape index (κ1) is 20.1. The molecule has 0 radical (unpaired) electrons.